The summed E-state index contributed by atoms with van der Waals surface area (Å²) >= 11 is 0. The van der Waals surface area contributed by atoms with Crippen LogP contribution >= 0.6 is 0 Å². The number of fused-ring (bicyclic) bond motifs is 3. The summed E-state index contributed by atoms with van der Waals surface area (Å²) in [6.07, 6.45) is 4.77. The second kappa shape index (κ2) is 3.67. The molecule has 3 aliphatic rings. The zero-order chi connectivity index (χ0) is 13.0. The molecule has 2 unspecified atom stereocenters. The number of rotatable bonds is 2. The van der Waals surface area contributed by atoms with Gasteiger partial charge in [-0.05, 0) is 6.07 Å². The maximum absolute atomic E-state index is 11.1. The number of nitrogens with zero attached hydrogens (tertiary/aromatic N) is 4. The van der Waals surface area contributed by atoms with Crippen molar-refractivity contribution in [2.24, 2.45) is 0 Å². The minimum atomic E-state index is -1.01. The molecular formula is C12H12N4O3. The molecule has 2 bridgehead atoms. The smallest absolute Gasteiger partial charge is 0.341 e. The Morgan fingerprint density at radius 1 is 1.42 bits per heavy atom. The number of carbonyl (C=O) groups is 1. The molecule has 0 saturated carbocycles. The third kappa shape index (κ3) is 1.58. The molecule has 5 rings (SSSR count). The van der Waals surface area contributed by atoms with Crippen molar-refractivity contribution in [3.05, 3.63) is 24.0 Å². The zero-order valence-electron chi connectivity index (χ0n) is 10.1. The second-order valence-corrected chi connectivity index (χ2v) is 4.94. The Balaban J connectivity index is 1.74. The highest BCUT2D eigenvalue weighted by atomic mass is 16.5. The van der Waals surface area contributed by atoms with E-state index >= 15 is 0 Å². The van der Waals surface area contributed by atoms with E-state index in [-0.39, 0.29) is 5.56 Å². The van der Waals surface area contributed by atoms with Crippen LogP contribution in [0.15, 0.2) is 18.5 Å². The number of carboxylic acid groups (broad SMARTS) is 1. The molecule has 98 valence electrons. The van der Waals surface area contributed by atoms with Crippen LogP contribution in [0, 0.1) is 0 Å². The maximum atomic E-state index is 11.1. The van der Waals surface area contributed by atoms with Crippen molar-refractivity contribution >= 4 is 17.4 Å². The van der Waals surface area contributed by atoms with Crippen molar-refractivity contribution in [3.8, 4) is 0 Å². The normalized spacial score (nSPS) is 25.4. The van der Waals surface area contributed by atoms with Gasteiger partial charge in [0.1, 0.15) is 11.4 Å². The quantitative estimate of drug-likeness (QED) is 0.842. The Morgan fingerprint density at radius 2 is 2.16 bits per heavy atom. The van der Waals surface area contributed by atoms with Crippen molar-refractivity contribution in [3.63, 3.8) is 0 Å². The number of morpholine rings is 1. The fraction of sp³-hybridized carbons (Fsp3) is 0.417. The molecule has 2 atom stereocenters. The van der Waals surface area contributed by atoms with Crippen molar-refractivity contribution < 1.29 is 14.6 Å². The van der Waals surface area contributed by atoms with Crippen LogP contribution in [0.4, 0.5) is 5.82 Å². The highest BCUT2D eigenvalue weighted by Gasteiger charge is 2.38. The second-order valence-electron chi connectivity index (χ2n) is 4.94. The molecule has 2 aromatic heterocycles. The van der Waals surface area contributed by atoms with Crippen molar-refractivity contribution in [2.45, 2.75) is 18.6 Å². The number of ether oxygens (including phenoxy) is 1. The average molecular weight is 260 g/mol. The summed E-state index contributed by atoms with van der Waals surface area (Å²) in [6, 6.07) is 1.86. The van der Waals surface area contributed by atoms with E-state index in [9.17, 15) is 4.79 Å². The molecule has 0 spiro atoms. The largest absolute Gasteiger partial charge is 0.477 e. The van der Waals surface area contributed by atoms with E-state index in [0.717, 1.165) is 25.3 Å². The van der Waals surface area contributed by atoms with Crippen LogP contribution in [0.5, 0.6) is 0 Å². The van der Waals surface area contributed by atoms with Crippen LogP contribution in [0.25, 0.3) is 5.65 Å². The third-order valence-electron chi connectivity index (χ3n) is 3.67. The fourth-order valence-electron chi connectivity index (χ4n) is 2.73. The lowest BCUT2D eigenvalue weighted by atomic mass is 9.99. The van der Waals surface area contributed by atoms with Crippen LogP contribution in [0.2, 0.25) is 0 Å². The summed E-state index contributed by atoms with van der Waals surface area (Å²) in [6.45, 7) is 1.63. The van der Waals surface area contributed by atoms with E-state index in [1.165, 1.54) is 10.7 Å². The topological polar surface area (TPSA) is 80.0 Å². The van der Waals surface area contributed by atoms with Gasteiger partial charge in [0.15, 0.2) is 5.65 Å². The predicted molar refractivity (Wildman–Crippen MR) is 65.4 cm³/mol. The number of hydrogen-bond donors (Lipinski definition) is 1. The Hall–Kier alpha value is -2.15. The van der Waals surface area contributed by atoms with Gasteiger partial charge in [-0.3, -0.25) is 0 Å². The van der Waals surface area contributed by atoms with Crippen LogP contribution in [-0.2, 0) is 4.74 Å². The lowest BCUT2D eigenvalue weighted by Crippen LogP contribution is -2.57. The number of piperidine rings is 1. The molecule has 3 saturated heterocycles. The highest BCUT2D eigenvalue weighted by Crippen LogP contribution is 2.30. The summed E-state index contributed by atoms with van der Waals surface area (Å²) in [5.41, 5.74) is 0.505. The van der Waals surface area contributed by atoms with Gasteiger partial charge in [0.2, 0.25) is 0 Å². The SMILES string of the molecule is O=C(O)c1cnn2ccc(N3CC4CC(C3)O4)nc12. The van der Waals surface area contributed by atoms with Crippen LogP contribution in [0.3, 0.4) is 0 Å². The molecule has 0 radical (unpaired) electrons. The van der Waals surface area contributed by atoms with Crippen molar-refractivity contribution in [1.82, 2.24) is 14.6 Å². The van der Waals surface area contributed by atoms with Crippen LogP contribution in [-0.4, -0.2) is 51.0 Å². The van der Waals surface area contributed by atoms with E-state index < -0.39 is 5.97 Å². The average Bonchev–Trinajstić information content (AvgIpc) is 2.81. The Bertz CT molecular complexity index is 652. The minimum Gasteiger partial charge on any atom is -0.477 e. The summed E-state index contributed by atoms with van der Waals surface area (Å²) in [4.78, 5) is 17.7. The number of hydrogen-bond acceptors (Lipinski definition) is 5. The van der Waals surface area contributed by atoms with E-state index in [0.29, 0.717) is 17.9 Å². The Morgan fingerprint density at radius 3 is 2.84 bits per heavy atom. The molecule has 0 aromatic carbocycles. The summed E-state index contributed by atoms with van der Waals surface area (Å²) in [5.74, 6) is -0.224. The highest BCUT2D eigenvalue weighted by molar-refractivity contribution is 5.94. The van der Waals surface area contributed by atoms with Gasteiger partial charge in [-0.1, -0.05) is 0 Å². The molecule has 0 aliphatic carbocycles. The first-order valence-electron chi connectivity index (χ1n) is 6.19. The monoisotopic (exact) mass is 260 g/mol. The van der Waals surface area contributed by atoms with E-state index in [1.807, 2.05) is 6.07 Å². The lowest BCUT2D eigenvalue weighted by molar-refractivity contribution is -0.133. The lowest BCUT2D eigenvalue weighted by Gasteiger charge is -2.47. The summed E-state index contributed by atoms with van der Waals surface area (Å²) in [5, 5.41) is 13.1. The maximum Gasteiger partial charge on any atom is 0.341 e. The summed E-state index contributed by atoms with van der Waals surface area (Å²) in [7, 11) is 0. The van der Waals surface area contributed by atoms with Gasteiger partial charge >= 0.3 is 5.97 Å². The first-order valence-corrected chi connectivity index (χ1v) is 6.19. The van der Waals surface area contributed by atoms with Gasteiger partial charge in [0.25, 0.3) is 0 Å². The van der Waals surface area contributed by atoms with Crippen molar-refractivity contribution in [1.29, 1.82) is 0 Å². The molecule has 1 N–H and O–H groups in total. The minimum absolute atomic E-state index is 0.125. The van der Waals surface area contributed by atoms with E-state index in [4.69, 9.17) is 9.84 Å². The molecule has 3 fully saturated rings. The number of aromatic carboxylic acids is 1. The van der Waals surface area contributed by atoms with Gasteiger partial charge < -0.3 is 14.7 Å². The zero-order valence-corrected chi connectivity index (χ0v) is 10.1. The van der Waals surface area contributed by atoms with Crippen molar-refractivity contribution in [2.75, 3.05) is 18.0 Å². The summed E-state index contributed by atoms with van der Waals surface area (Å²) < 4.78 is 7.06. The third-order valence-corrected chi connectivity index (χ3v) is 3.67. The Kier molecular flexibility index (Phi) is 2.08. The fourth-order valence-corrected chi connectivity index (χ4v) is 2.73. The van der Waals surface area contributed by atoms with Gasteiger partial charge in [-0.15, -0.1) is 0 Å². The standard InChI is InChI=1S/C12H12N4O3/c17-12(18)9-4-13-16-2-1-10(14-11(9)16)15-5-7-3-8(6-15)19-7/h1-2,4,7-8H,3,5-6H2,(H,17,18). The van der Waals surface area contributed by atoms with Crippen LogP contribution < -0.4 is 4.90 Å². The number of carboxylic acids is 1. The molecular weight excluding hydrogens is 248 g/mol. The van der Waals surface area contributed by atoms with Gasteiger partial charge in [-0.2, -0.15) is 5.10 Å². The predicted octanol–water partition coefficient (Wildman–Crippen LogP) is 0.405. The Labute approximate surface area is 108 Å². The van der Waals surface area contributed by atoms with Gasteiger partial charge in [0, 0.05) is 25.7 Å². The number of aromatic nitrogens is 3. The van der Waals surface area contributed by atoms with E-state index in [2.05, 4.69) is 15.0 Å². The number of anilines is 1. The molecule has 2 aromatic rings. The van der Waals surface area contributed by atoms with Gasteiger partial charge in [-0.25, -0.2) is 14.3 Å². The first kappa shape index (κ1) is 10.7. The first-order chi connectivity index (χ1) is 9.20. The molecule has 7 heteroatoms. The molecule has 3 aliphatic heterocycles. The van der Waals surface area contributed by atoms with E-state index in [1.54, 1.807) is 6.20 Å². The molecule has 19 heavy (non-hydrogen) atoms. The molecule has 7 nitrogen and oxygen atoms in total. The van der Waals surface area contributed by atoms with Gasteiger partial charge in [0.05, 0.1) is 18.4 Å². The molecule has 0 amide bonds. The molecule has 5 heterocycles. The van der Waals surface area contributed by atoms with Crippen LogP contribution in [0.1, 0.15) is 16.8 Å².